The summed E-state index contributed by atoms with van der Waals surface area (Å²) in [6, 6.07) is 10.3. The molecule has 2 aromatic carbocycles. The fourth-order valence-corrected chi connectivity index (χ4v) is 3.11. The third-order valence-corrected chi connectivity index (χ3v) is 4.32. The zero-order valence-electron chi connectivity index (χ0n) is 10.6. The van der Waals surface area contributed by atoms with Gasteiger partial charge in [0.15, 0.2) is 0 Å². The molecule has 0 amide bonds. The topological polar surface area (TPSA) is 81.4 Å². The van der Waals surface area contributed by atoms with E-state index in [1.165, 1.54) is 13.2 Å². The van der Waals surface area contributed by atoms with Crippen molar-refractivity contribution in [2.45, 2.75) is 4.90 Å². The van der Waals surface area contributed by atoms with Gasteiger partial charge in [-0.25, -0.2) is 13.1 Å². The third kappa shape index (κ3) is 2.86. The second-order valence-corrected chi connectivity index (χ2v) is 5.82. The van der Waals surface area contributed by atoms with Crippen LogP contribution in [0, 0.1) is 0 Å². The lowest BCUT2D eigenvalue weighted by Gasteiger charge is -2.10. The average Bonchev–Trinajstić information content (AvgIpc) is 2.39. The number of methoxy groups -OCH3 is 1. The van der Waals surface area contributed by atoms with Crippen molar-refractivity contribution in [3.05, 3.63) is 36.4 Å². The number of sulfonamides is 1. The van der Waals surface area contributed by atoms with Crippen LogP contribution < -0.4 is 10.5 Å². The van der Waals surface area contributed by atoms with Crippen LogP contribution in [0.15, 0.2) is 41.3 Å². The van der Waals surface area contributed by atoms with E-state index in [2.05, 4.69) is 4.72 Å². The number of nitrogens with one attached hydrogen (secondary N) is 1. The number of benzene rings is 2. The molecule has 0 atom stereocenters. The van der Waals surface area contributed by atoms with Gasteiger partial charge in [-0.2, -0.15) is 0 Å². The maximum atomic E-state index is 12.2. The van der Waals surface area contributed by atoms with Crippen molar-refractivity contribution < 1.29 is 13.2 Å². The highest BCUT2D eigenvalue weighted by Gasteiger charge is 2.17. The summed E-state index contributed by atoms with van der Waals surface area (Å²) >= 11 is 0. The molecule has 0 aromatic heterocycles. The van der Waals surface area contributed by atoms with Gasteiger partial charge in [-0.3, -0.25) is 0 Å². The van der Waals surface area contributed by atoms with Crippen molar-refractivity contribution >= 4 is 26.5 Å². The minimum absolute atomic E-state index is 0.230. The number of hydrogen-bond donors (Lipinski definition) is 2. The number of hydrogen-bond acceptors (Lipinski definition) is 4. The Morgan fingerprint density at radius 3 is 2.53 bits per heavy atom. The van der Waals surface area contributed by atoms with E-state index in [1.54, 1.807) is 24.3 Å². The summed E-state index contributed by atoms with van der Waals surface area (Å²) in [6.45, 7) is 0.559. The molecule has 0 bridgehead atoms. The van der Waals surface area contributed by atoms with Crippen molar-refractivity contribution in [3.63, 3.8) is 0 Å². The zero-order valence-corrected chi connectivity index (χ0v) is 11.4. The standard InChI is InChI=1S/C13H16N2O3S/c1-18-9-8-15-19(16,17)13-7-6-12(14)10-4-2-3-5-11(10)13/h2-7,15H,8-9,14H2,1H3. The molecule has 0 spiro atoms. The first-order chi connectivity index (χ1) is 9.06. The molecule has 0 saturated heterocycles. The van der Waals surface area contributed by atoms with E-state index in [0.717, 1.165) is 5.39 Å². The number of rotatable bonds is 5. The Balaban J connectivity index is 2.48. The fourth-order valence-electron chi connectivity index (χ4n) is 1.88. The van der Waals surface area contributed by atoms with Gasteiger partial charge in [0.05, 0.1) is 11.5 Å². The van der Waals surface area contributed by atoms with Crippen LogP contribution in [0.2, 0.25) is 0 Å². The molecule has 0 radical (unpaired) electrons. The monoisotopic (exact) mass is 280 g/mol. The number of fused-ring (bicyclic) bond motifs is 1. The molecule has 0 heterocycles. The van der Waals surface area contributed by atoms with Crippen LogP contribution in [0.4, 0.5) is 5.69 Å². The van der Waals surface area contributed by atoms with Gasteiger partial charge >= 0.3 is 0 Å². The Labute approximate surface area is 112 Å². The van der Waals surface area contributed by atoms with Crippen LogP contribution in [0.25, 0.3) is 10.8 Å². The largest absolute Gasteiger partial charge is 0.398 e. The Kier molecular flexibility index (Phi) is 4.04. The van der Waals surface area contributed by atoms with E-state index in [0.29, 0.717) is 17.7 Å². The van der Waals surface area contributed by atoms with E-state index in [9.17, 15) is 8.42 Å². The molecule has 0 aliphatic carbocycles. The van der Waals surface area contributed by atoms with Crippen LogP contribution in [0.1, 0.15) is 0 Å². The van der Waals surface area contributed by atoms with Crippen LogP contribution in [0.5, 0.6) is 0 Å². The van der Waals surface area contributed by atoms with Gasteiger partial charge in [0.1, 0.15) is 0 Å². The molecule has 19 heavy (non-hydrogen) atoms. The highest BCUT2D eigenvalue weighted by atomic mass is 32.2. The van der Waals surface area contributed by atoms with Gasteiger partial charge in [-0.1, -0.05) is 24.3 Å². The molecule has 0 aliphatic rings. The second kappa shape index (κ2) is 5.56. The smallest absolute Gasteiger partial charge is 0.241 e. The Bertz CT molecular complexity index is 683. The normalized spacial score (nSPS) is 11.8. The van der Waals surface area contributed by atoms with Gasteiger partial charge in [0, 0.05) is 30.1 Å². The van der Waals surface area contributed by atoms with Gasteiger partial charge in [0.25, 0.3) is 0 Å². The molecule has 5 nitrogen and oxygen atoms in total. The Hall–Kier alpha value is -1.63. The number of anilines is 1. The number of nitrogen functional groups attached to an aromatic ring is 1. The van der Waals surface area contributed by atoms with E-state index >= 15 is 0 Å². The van der Waals surface area contributed by atoms with Crippen LogP contribution in [-0.2, 0) is 14.8 Å². The van der Waals surface area contributed by atoms with Crippen molar-refractivity contribution in [1.82, 2.24) is 4.72 Å². The van der Waals surface area contributed by atoms with E-state index in [1.807, 2.05) is 6.07 Å². The highest BCUT2D eigenvalue weighted by molar-refractivity contribution is 7.89. The summed E-state index contributed by atoms with van der Waals surface area (Å²) in [4.78, 5) is 0.230. The minimum Gasteiger partial charge on any atom is -0.398 e. The Morgan fingerprint density at radius 1 is 1.16 bits per heavy atom. The maximum absolute atomic E-state index is 12.2. The first-order valence-electron chi connectivity index (χ1n) is 5.82. The molecule has 0 saturated carbocycles. The first-order valence-corrected chi connectivity index (χ1v) is 7.30. The predicted molar refractivity (Wildman–Crippen MR) is 75.4 cm³/mol. The van der Waals surface area contributed by atoms with Gasteiger partial charge < -0.3 is 10.5 Å². The van der Waals surface area contributed by atoms with Crippen molar-refractivity contribution in [2.75, 3.05) is 26.0 Å². The van der Waals surface area contributed by atoms with Crippen molar-refractivity contribution in [2.24, 2.45) is 0 Å². The predicted octanol–water partition coefficient (Wildman–Crippen LogP) is 1.35. The molecule has 2 rings (SSSR count). The van der Waals surface area contributed by atoms with Crippen LogP contribution in [0.3, 0.4) is 0 Å². The molecular weight excluding hydrogens is 264 g/mol. The van der Waals surface area contributed by atoms with E-state index in [4.69, 9.17) is 10.5 Å². The summed E-state index contributed by atoms with van der Waals surface area (Å²) in [5.74, 6) is 0. The van der Waals surface area contributed by atoms with Gasteiger partial charge in [-0.15, -0.1) is 0 Å². The number of nitrogens with two attached hydrogens (primary N) is 1. The average molecular weight is 280 g/mol. The first kappa shape index (κ1) is 13.8. The summed E-state index contributed by atoms with van der Waals surface area (Å²) in [6.07, 6.45) is 0. The summed E-state index contributed by atoms with van der Waals surface area (Å²) < 4.78 is 31.8. The minimum atomic E-state index is -3.56. The lowest BCUT2D eigenvalue weighted by molar-refractivity contribution is 0.204. The molecule has 0 unspecified atom stereocenters. The quantitative estimate of drug-likeness (QED) is 0.640. The zero-order chi connectivity index (χ0) is 13.9. The van der Waals surface area contributed by atoms with Crippen LogP contribution in [-0.4, -0.2) is 28.7 Å². The summed E-state index contributed by atoms with van der Waals surface area (Å²) in [7, 11) is -2.04. The lowest BCUT2D eigenvalue weighted by Crippen LogP contribution is -2.27. The lowest BCUT2D eigenvalue weighted by atomic mass is 10.1. The second-order valence-electron chi connectivity index (χ2n) is 4.09. The molecule has 3 N–H and O–H groups in total. The summed E-state index contributed by atoms with van der Waals surface area (Å²) in [5, 5.41) is 1.35. The van der Waals surface area contributed by atoms with E-state index in [-0.39, 0.29) is 11.4 Å². The van der Waals surface area contributed by atoms with Crippen molar-refractivity contribution in [3.8, 4) is 0 Å². The Morgan fingerprint density at radius 2 is 1.84 bits per heavy atom. The fraction of sp³-hybridized carbons (Fsp3) is 0.231. The molecule has 6 heteroatoms. The third-order valence-electron chi connectivity index (χ3n) is 2.81. The van der Waals surface area contributed by atoms with Gasteiger partial charge in [-0.05, 0) is 12.1 Å². The van der Waals surface area contributed by atoms with Gasteiger partial charge in [0.2, 0.25) is 10.0 Å². The SMILES string of the molecule is COCCNS(=O)(=O)c1ccc(N)c2ccccc12. The van der Waals surface area contributed by atoms with Crippen molar-refractivity contribution in [1.29, 1.82) is 0 Å². The highest BCUT2D eigenvalue weighted by Crippen LogP contribution is 2.27. The summed E-state index contributed by atoms with van der Waals surface area (Å²) in [5.41, 5.74) is 6.42. The molecule has 0 fully saturated rings. The van der Waals surface area contributed by atoms with Crippen LogP contribution >= 0.6 is 0 Å². The molecule has 102 valence electrons. The molecule has 2 aromatic rings. The van der Waals surface area contributed by atoms with E-state index < -0.39 is 10.0 Å². The maximum Gasteiger partial charge on any atom is 0.241 e. The molecule has 0 aliphatic heterocycles. The number of ether oxygens (including phenoxy) is 1. The molecular formula is C13H16N2O3S.